The molecule has 86 valence electrons. The van der Waals surface area contributed by atoms with Crippen molar-refractivity contribution in [3.05, 3.63) is 28.8 Å². The Kier molecular flexibility index (Phi) is 2.40. The maximum Gasteiger partial charge on any atom is 0.0320 e. The molecular weight excluding hydrogens is 196 g/mol. The summed E-state index contributed by atoms with van der Waals surface area (Å²) < 4.78 is 0. The average molecular weight is 216 g/mol. The number of nitrogens with two attached hydrogens (primary N) is 1. The first kappa shape index (κ1) is 10.2. The van der Waals surface area contributed by atoms with E-state index in [-0.39, 0.29) is 0 Å². The van der Waals surface area contributed by atoms with Crippen LogP contribution in [0.1, 0.15) is 41.9 Å². The third-order valence-electron chi connectivity index (χ3n) is 4.13. The van der Waals surface area contributed by atoms with Gasteiger partial charge in [0.25, 0.3) is 0 Å². The quantitative estimate of drug-likeness (QED) is 0.731. The molecule has 16 heavy (non-hydrogen) atoms. The zero-order chi connectivity index (χ0) is 11.1. The first-order chi connectivity index (χ1) is 7.74. The minimum atomic E-state index is 0.806. The van der Waals surface area contributed by atoms with Gasteiger partial charge in [-0.25, -0.2) is 0 Å². The molecule has 0 unspecified atom stereocenters. The van der Waals surface area contributed by atoms with Gasteiger partial charge in [-0.05, 0) is 61.1 Å². The molecule has 0 radical (unpaired) electrons. The molecule has 1 fully saturated rings. The molecule has 0 bridgehead atoms. The smallest absolute Gasteiger partial charge is 0.0320 e. The summed E-state index contributed by atoms with van der Waals surface area (Å²) in [5.41, 5.74) is 11.6. The second-order valence-electron chi connectivity index (χ2n) is 5.36. The Balaban J connectivity index is 2.03. The number of hydrogen-bond acceptors (Lipinski definition) is 2. The fourth-order valence-electron chi connectivity index (χ4n) is 2.98. The lowest BCUT2D eigenvalue weighted by Gasteiger charge is -2.33. The first-order valence-electron chi connectivity index (χ1n) is 6.34. The van der Waals surface area contributed by atoms with Gasteiger partial charge in [0.05, 0.1) is 0 Å². The molecule has 1 aliphatic carbocycles. The monoisotopic (exact) mass is 216 g/mol. The summed E-state index contributed by atoms with van der Waals surface area (Å²) in [5.74, 6) is 0.806. The van der Waals surface area contributed by atoms with Crippen LogP contribution in [0.3, 0.4) is 0 Å². The molecule has 0 saturated heterocycles. The molecule has 1 aromatic carbocycles. The van der Waals surface area contributed by atoms with Gasteiger partial charge in [0.1, 0.15) is 0 Å². The number of benzene rings is 1. The van der Waals surface area contributed by atoms with Crippen LogP contribution in [0.15, 0.2) is 12.1 Å². The van der Waals surface area contributed by atoms with Crippen molar-refractivity contribution in [1.29, 1.82) is 0 Å². The van der Waals surface area contributed by atoms with Gasteiger partial charge in [0.2, 0.25) is 0 Å². The lowest BCUT2D eigenvalue weighted by Crippen LogP contribution is -2.28. The van der Waals surface area contributed by atoms with Crippen LogP contribution in [0.4, 0.5) is 5.69 Å². The second kappa shape index (κ2) is 3.77. The zero-order valence-electron chi connectivity index (χ0n) is 10.00. The normalized spacial score (nSPS) is 21.6. The number of nitrogens with zero attached hydrogens (tertiary/aromatic N) is 1. The van der Waals surface area contributed by atoms with E-state index >= 15 is 0 Å². The Morgan fingerprint density at radius 2 is 2.12 bits per heavy atom. The van der Waals surface area contributed by atoms with E-state index in [9.17, 15) is 0 Å². The Labute approximate surface area is 97.4 Å². The number of nitrogen functional groups attached to an aromatic ring is 1. The summed E-state index contributed by atoms with van der Waals surface area (Å²) in [6.45, 7) is 2.26. The van der Waals surface area contributed by atoms with Crippen molar-refractivity contribution < 1.29 is 0 Å². The Morgan fingerprint density at radius 1 is 1.31 bits per heavy atom. The van der Waals surface area contributed by atoms with Gasteiger partial charge in [0.15, 0.2) is 0 Å². The first-order valence-corrected chi connectivity index (χ1v) is 6.34. The molecule has 1 heterocycles. The van der Waals surface area contributed by atoms with Crippen LogP contribution in [0.5, 0.6) is 0 Å². The molecule has 3 rings (SSSR count). The predicted molar refractivity (Wildman–Crippen MR) is 67.5 cm³/mol. The molecule has 2 heteroatoms. The standard InChI is InChI=1S/C14H20N2/c1-16-6-5-13-11(9-16)7-12(15)8-14(13)10-3-2-4-10/h7-8,10H,2-6,9,15H2,1H3. The largest absolute Gasteiger partial charge is 0.399 e. The van der Waals surface area contributed by atoms with Crippen molar-refractivity contribution in [2.45, 2.75) is 38.1 Å². The summed E-state index contributed by atoms with van der Waals surface area (Å²) in [7, 11) is 2.19. The van der Waals surface area contributed by atoms with E-state index in [0.29, 0.717) is 0 Å². The van der Waals surface area contributed by atoms with Gasteiger partial charge in [-0.15, -0.1) is 0 Å². The minimum absolute atomic E-state index is 0.806. The molecule has 2 aliphatic rings. The summed E-state index contributed by atoms with van der Waals surface area (Å²) >= 11 is 0. The summed E-state index contributed by atoms with van der Waals surface area (Å²) in [6, 6.07) is 4.40. The molecule has 0 amide bonds. The molecule has 1 aromatic rings. The third kappa shape index (κ3) is 1.61. The van der Waals surface area contributed by atoms with Gasteiger partial charge in [0, 0.05) is 18.8 Å². The number of fused-ring (bicyclic) bond motifs is 1. The van der Waals surface area contributed by atoms with E-state index < -0.39 is 0 Å². The maximum absolute atomic E-state index is 6.03. The van der Waals surface area contributed by atoms with Gasteiger partial charge < -0.3 is 10.6 Å². The molecule has 2 nitrogen and oxygen atoms in total. The highest BCUT2D eigenvalue weighted by atomic mass is 15.1. The number of likely N-dealkylation sites (N-methyl/N-ethyl adjacent to an activating group) is 1. The SMILES string of the molecule is CN1CCc2c(cc(N)cc2C2CCC2)C1. The van der Waals surface area contributed by atoms with Crippen LogP contribution in [-0.4, -0.2) is 18.5 Å². The Hall–Kier alpha value is -1.02. The summed E-state index contributed by atoms with van der Waals surface area (Å²) in [4.78, 5) is 2.38. The van der Waals surface area contributed by atoms with Crippen LogP contribution in [-0.2, 0) is 13.0 Å². The maximum atomic E-state index is 6.03. The van der Waals surface area contributed by atoms with Gasteiger partial charge >= 0.3 is 0 Å². The molecule has 0 spiro atoms. The highest BCUT2D eigenvalue weighted by Gasteiger charge is 2.25. The molecule has 1 aliphatic heterocycles. The van der Waals surface area contributed by atoms with Gasteiger partial charge in [-0.1, -0.05) is 6.42 Å². The topological polar surface area (TPSA) is 29.3 Å². The lowest BCUT2D eigenvalue weighted by atomic mass is 9.76. The van der Waals surface area contributed by atoms with Crippen LogP contribution in [0.2, 0.25) is 0 Å². The van der Waals surface area contributed by atoms with Crippen molar-refractivity contribution >= 4 is 5.69 Å². The van der Waals surface area contributed by atoms with Crippen molar-refractivity contribution in [2.75, 3.05) is 19.3 Å². The number of rotatable bonds is 1. The molecule has 0 atom stereocenters. The van der Waals surface area contributed by atoms with Crippen molar-refractivity contribution in [1.82, 2.24) is 4.90 Å². The zero-order valence-corrected chi connectivity index (χ0v) is 10.00. The van der Waals surface area contributed by atoms with Crippen molar-refractivity contribution in [2.24, 2.45) is 0 Å². The summed E-state index contributed by atoms with van der Waals surface area (Å²) in [6.07, 6.45) is 5.34. The molecule has 1 saturated carbocycles. The fourth-order valence-corrected chi connectivity index (χ4v) is 2.98. The minimum Gasteiger partial charge on any atom is -0.399 e. The Bertz CT molecular complexity index is 407. The van der Waals surface area contributed by atoms with E-state index in [0.717, 1.165) is 18.2 Å². The van der Waals surface area contributed by atoms with Crippen molar-refractivity contribution in [3.8, 4) is 0 Å². The second-order valence-corrected chi connectivity index (χ2v) is 5.36. The van der Waals surface area contributed by atoms with Crippen LogP contribution in [0.25, 0.3) is 0 Å². The average Bonchev–Trinajstić information content (AvgIpc) is 2.13. The van der Waals surface area contributed by atoms with E-state index in [1.54, 1.807) is 11.1 Å². The fraction of sp³-hybridized carbons (Fsp3) is 0.571. The Morgan fingerprint density at radius 3 is 2.81 bits per heavy atom. The lowest BCUT2D eigenvalue weighted by molar-refractivity contribution is 0.309. The number of anilines is 1. The van der Waals surface area contributed by atoms with Gasteiger partial charge in [-0.3, -0.25) is 0 Å². The van der Waals surface area contributed by atoms with E-state index in [1.807, 2.05) is 0 Å². The van der Waals surface area contributed by atoms with E-state index in [2.05, 4.69) is 24.1 Å². The molecule has 2 N–H and O–H groups in total. The van der Waals surface area contributed by atoms with E-state index in [1.165, 1.54) is 37.8 Å². The predicted octanol–water partition coefficient (Wildman–Crippen LogP) is 2.52. The third-order valence-corrected chi connectivity index (χ3v) is 4.13. The van der Waals surface area contributed by atoms with Crippen LogP contribution >= 0.6 is 0 Å². The molecule has 0 aromatic heterocycles. The highest BCUT2D eigenvalue weighted by molar-refractivity contribution is 5.52. The highest BCUT2D eigenvalue weighted by Crippen LogP contribution is 2.40. The van der Waals surface area contributed by atoms with Gasteiger partial charge in [-0.2, -0.15) is 0 Å². The van der Waals surface area contributed by atoms with E-state index in [4.69, 9.17) is 5.73 Å². The van der Waals surface area contributed by atoms with Crippen molar-refractivity contribution in [3.63, 3.8) is 0 Å². The summed E-state index contributed by atoms with van der Waals surface area (Å²) in [5, 5.41) is 0. The molecular formula is C14H20N2. The van der Waals surface area contributed by atoms with Crippen LogP contribution < -0.4 is 5.73 Å². The number of hydrogen-bond donors (Lipinski definition) is 1. The van der Waals surface area contributed by atoms with Crippen LogP contribution in [0, 0.1) is 0 Å².